The molecule has 1 aromatic heterocycles. The van der Waals surface area contributed by atoms with Crippen LogP contribution < -0.4 is 5.73 Å². The van der Waals surface area contributed by atoms with E-state index in [4.69, 9.17) is 5.73 Å². The molecule has 0 bridgehead atoms. The second kappa shape index (κ2) is 4.51. The Labute approximate surface area is 120 Å². The van der Waals surface area contributed by atoms with Gasteiger partial charge in [-0.1, -0.05) is 19.1 Å². The Bertz CT molecular complexity index is 688. The van der Waals surface area contributed by atoms with Crippen molar-refractivity contribution < 1.29 is 13.2 Å². The SMILES string of the molecule is CC1CC1c1nn(C)c(N)c1-c1cccc(C(F)(F)F)c1. The fraction of sp³-hybridized carbons (Fsp3) is 0.400. The first kappa shape index (κ1) is 14.0. The van der Waals surface area contributed by atoms with Crippen molar-refractivity contribution in [2.75, 3.05) is 5.73 Å². The standard InChI is InChI=1S/C15H16F3N3/c1-8-6-11(8)13-12(14(19)21(2)20-13)9-4-3-5-10(7-9)15(16,17)18/h3-5,7-8,11H,6,19H2,1-2H3. The molecule has 2 atom stereocenters. The van der Waals surface area contributed by atoms with Gasteiger partial charge in [-0.3, -0.25) is 4.68 Å². The Morgan fingerprint density at radius 2 is 2.00 bits per heavy atom. The van der Waals surface area contributed by atoms with Crippen LogP contribution in [0, 0.1) is 5.92 Å². The summed E-state index contributed by atoms with van der Waals surface area (Å²) in [5.41, 5.74) is 7.28. The number of halogens is 3. The predicted molar refractivity (Wildman–Crippen MR) is 74.6 cm³/mol. The van der Waals surface area contributed by atoms with E-state index < -0.39 is 11.7 Å². The van der Waals surface area contributed by atoms with Crippen molar-refractivity contribution in [2.24, 2.45) is 13.0 Å². The van der Waals surface area contributed by atoms with Crippen LogP contribution in [0.2, 0.25) is 0 Å². The van der Waals surface area contributed by atoms with Gasteiger partial charge in [-0.15, -0.1) is 0 Å². The molecule has 1 aliphatic rings. The van der Waals surface area contributed by atoms with E-state index in [-0.39, 0.29) is 5.92 Å². The Hall–Kier alpha value is -1.98. The molecular weight excluding hydrogens is 279 g/mol. The number of nitrogen functional groups attached to an aromatic ring is 1. The molecule has 3 rings (SSSR count). The lowest BCUT2D eigenvalue weighted by atomic mass is 10.00. The van der Waals surface area contributed by atoms with Crippen LogP contribution in [-0.2, 0) is 13.2 Å². The number of nitrogens with two attached hydrogens (primary N) is 1. The minimum atomic E-state index is -4.36. The summed E-state index contributed by atoms with van der Waals surface area (Å²) in [5.74, 6) is 1.20. The van der Waals surface area contributed by atoms with Crippen molar-refractivity contribution in [1.82, 2.24) is 9.78 Å². The molecule has 1 fully saturated rings. The third kappa shape index (κ3) is 2.39. The molecular formula is C15H16F3N3. The molecule has 1 aromatic carbocycles. The number of aryl methyl sites for hydroxylation is 1. The van der Waals surface area contributed by atoms with Gasteiger partial charge in [-0.2, -0.15) is 18.3 Å². The van der Waals surface area contributed by atoms with E-state index in [1.807, 2.05) is 0 Å². The van der Waals surface area contributed by atoms with Crippen molar-refractivity contribution in [3.05, 3.63) is 35.5 Å². The van der Waals surface area contributed by atoms with Crippen LogP contribution in [0.3, 0.4) is 0 Å². The van der Waals surface area contributed by atoms with Crippen LogP contribution in [0.4, 0.5) is 19.0 Å². The molecule has 0 saturated heterocycles. The summed E-state index contributed by atoms with van der Waals surface area (Å²) in [6.07, 6.45) is -3.36. The first-order chi connectivity index (χ1) is 9.79. The van der Waals surface area contributed by atoms with E-state index in [9.17, 15) is 13.2 Å². The van der Waals surface area contributed by atoms with Gasteiger partial charge >= 0.3 is 6.18 Å². The summed E-state index contributed by atoms with van der Waals surface area (Å²) in [4.78, 5) is 0. The minimum Gasteiger partial charge on any atom is -0.383 e. The molecule has 6 heteroatoms. The first-order valence-electron chi connectivity index (χ1n) is 6.79. The number of hydrogen-bond acceptors (Lipinski definition) is 2. The van der Waals surface area contributed by atoms with Gasteiger partial charge in [0.25, 0.3) is 0 Å². The molecule has 0 aliphatic heterocycles. The number of rotatable bonds is 2. The highest BCUT2D eigenvalue weighted by atomic mass is 19.4. The van der Waals surface area contributed by atoms with Gasteiger partial charge in [0, 0.05) is 18.5 Å². The maximum absolute atomic E-state index is 12.9. The van der Waals surface area contributed by atoms with Gasteiger partial charge in [-0.25, -0.2) is 0 Å². The number of anilines is 1. The Morgan fingerprint density at radius 3 is 2.57 bits per heavy atom. The molecule has 2 N–H and O–H groups in total. The summed E-state index contributed by atoms with van der Waals surface area (Å²) < 4.78 is 40.2. The molecule has 2 unspecified atom stereocenters. The van der Waals surface area contributed by atoms with Gasteiger partial charge < -0.3 is 5.73 Å². The topological polar surface area (TPSA) is 43.8 Å². The van der Waals surface area contributed by atoms with Gasteiger partial charge in [0.05, 0.1) is 11.3 Å². The van der Waals surface area contributed by atoms with Crippen LogP contribution >= 0.6 is 0 Å². The second-order valence-electron chi connectivity index (χ2n) is 5.67. The molecule has 2 aromatic rings. The van der Waals surface area contributed by atoms with Gasteiger partial charge in [0.2, 0.25) is 0 Å². The molecule has 0 radical (unpaired) electrons. The lowest BCUT2D eigenvalue weighted by molar-refractivity contribution is -0.137. The van der Waals surface area contributed by atoms with Crippen LogP contribution in [0.5, 0.6) is 0 Å². The van der Waals surface area contributed by atoms with Crippen molar-refractivity contribution >= 4 is 5.82 Å². The number of alkyl halides is 3. The number of hydrogen-bond donors (Lipinski definition) is 1. The normalized spacial score (nSPS) is 21.6. The summed E-state index contributed by atoms with van der Waals surface area (Å²) in [6, 6.07) is 5.27. The fourth-order valence-corrected chi connectivity index (χ4v) is 2.67. The quantitative estimate of drug-likeness (QED) is 0.915. The highest BCUT2D eigenvalue weighted by Gasteiger charge is 2.39. The van der Waals surface area contributed by atoms with Gasteiger partial charge in [0.1, 0.15) is 5.82 Å². The zero-order chi connectivity index (χ0) is 15.4. The predicted octanol–water partition coefficient (Wildman–Crippen LogP) is 3.81. The van der Waals surface area contributed by atoms with E-state index in [0.29, 0.717) is 22.9 Å². The highest BCUT2D eigenvalue weighted by molar-refractivity contribution is 5.78. The summed E-state index contributed by atoms with van der Waals surface area (Å²) in [7, 11) is 1.71. The summed E-state index contributed by atoms with van der Waals surface area (Å²) in [5, 5.41) is 4.40. The fourth-order valence-electron chi connectivity index (χ4n) is 2.67. The first-order valence-corrected chi connectivity index (χ1v) is 6.79. The van der Waals surface area contributed by atoms with Crippen molar-refractivity contribution in [3.8, 4) is 11.1 Å². The Balaban J connectivity index is 2.12. The molecule has 3 nitrogen and oxygen atoms in total. The van der Waals surface area contributed by atoms with Crippen LogP contribution in [0.1, 0.15) is 30.5 Å². The summed E-state index contributed by atoms with van der Waals surface area (Å²) in [6.45, 7) is 2.10. The Kier molecular flexibility index (Phi) is 3.00. The van der Waals surface area contributed by atoms with E-state index >= 15 is 0 Å². The number of aromatic nitrogens is 2. The van der Waals surface area contributed by atoms with Gasteiger partial charge in [-0.05, 0) is 30.0 Å². The van der Waals surface area contributed by atoms with Crippen molar-refractivity contribution in [3.63, 3.8) is 0 Å². The van der Waals surface area contributed by atoms with Gasteiger partial charge in [0.15, 0.2) is 0 Å². The second-order valence-corrected chi connectivity index (χ2v) is 5.67. The molecule has 0 amide bonds. The average molecular weight is 295 g/mol. The van der Waals surface area contributed by atoms with E-state index in [1.54, 1.807) is 13.1 Å². The third-order valence-electron chi connectivity index (χ3n) is 4.06. The highest BCUT2D eigenvalue weighted by Crippen LogP contribution is 2.50. The van der Waals surface area contributed by atoms with E-state index in [0.717, 1.165) is 24.2 Å². The van der Waals surface area contributed by atoms with Crippen LogP contribution in [0.25, 0.3) is 11.1 Å². The zero-order valence-corrected chi connectivity index (χ0v) is 11.8. The largest absolute Gasteiger partial charge is 0.416 e. The Morgan fingerprint density at radius 1 is 1.33 bits per heavy atom. The van der Waals surface area contributed by atoms with Crippen molar-refractivity contribution in [1.29, 1.82) is 0 Å². The molecule has 1 aliphatic carbocycles. The molecule has 0 spiro atoms. The average Bonchev–Trinajstić information content (AvgIpc) is 3.06. The molecule has 21 heavy (non-hydrogen) atoms. The number of benzene rings is 1. The minimum absolute atomic E-state index is 0.290. The number of nitrogens with zero attached hydrogens (tertiary/aromatic N) is 2. The molecule has 1 saturated carbocycles. The lowest BCUT2D eigenvalue weighted by Crippen LogP contribution is -2.05. The molecule has 112 valence electrons. The van der Waals surface area contributed by atoms with Crippen LogP contribution in [-0.4, -0.2) is 9.78 Å². The lowest BCUT2D eigenvalue weighted by Gasteiger charge is -2.09. The third-order valence-corrected chi connectivity index (χ3v) is 4.06. The van der Waals surface area contributed by atoms with E-state index in [2.05, 4.69) is 12.0 Å². The zero-order valence-electron chi connectivity index (χ0n) is 11.8. The smallest absolute Gasteiger partial charge is 0.383 e. The van der Waals surface area contributed by atoms with E-state index in [1.165, 1.54) is 10.7 Å². The van der Waals surface area contributed by atoms with Crippen LogP contribution in [0.15, 0.2) is 24.3 Å². The maximum Gasteiger partial charge on any atom is 0.416 e. The van der Waals surface area contributed by atoms with Crippen molar-refractivity contribution in [2.45, 2.75) is 25.4 Å². The molecule has 1 heterocycles. The monoisotopic (exact) mass is 295 g/mol. The maximum atomic E-state index is 12.9. The summed E-state index contributed by atoms with van der Waals surface area (Å²) >= 11 is 0.